The van der Waals surface area contributed by atoms with Crippen LogP contribution < -0.4 is 0 Å². The van der Waals surface area contributed by atoms with E-state index < -0.39 is 0 Å². The van der Waals surface area contributed by atoms with Gasteiger partial charge in [0, 0.05) is 10.1 Å². The number of para-hydroxylation sites is 1. The number of fused-ring (bicyclic) bond motifs is 2. The number of benzene rings is 2. The molecule has 0 fully saturated rings. The number of nitrogens with zero attached hydrogens (tertiary/aromatic N) is 2. The third kappa shape index (κ3) is 2.17. The van der Waals surface area contributed by atoms with E-state index in [2.05, 4.69) is 9.97 Å². The summed E-state index contributed by atoms with van der Waals surface area (Å²) in [6.45, 7) is 0. The monoisotopic (exact) mass is 314 g/mol. The molecule has 0 atom stereocenters. The van der Waals surface area contributed by atoms with Gasteiger partial charge < -0.3 is 0 Å². The lowest BCUT2D eigenvalue weighted by Gasteiger charge is -2.02. The Balaban J connectivity index is 1.95. The molecule has 5 heteroatoms. The zero-order valence-electron chi connectivity index (χ0n) is 10.7. The first-order valence-electron chi connectivity index (χ1n) is 6.32. The summed E-state index contributed by atoms with van der Waals surface area (Å²) >= 11 is 7.69. The number of aromatic nitrogens is 2. The number of halogens is 2. The maximum Gasteiger partial charge on any atom is 0.171 e. The molecule has 2 aromatic carbocycles. The summed E-state index contributed by atoms with van der Waals surface area (Å²) in [5, 5.41) is 2.23. The van der Waals surface area contributed by atoms with Crippen molar-refractivity contribution in [3.63, 3.8) is 0 Å². The van der Waals surface area contributed by atoms with E-state index >= 15 is 0 Å². The number of hydrogen-bond acceptors (Lipinski definition) is 3. The Kier molecular flexibility index (Phi) is 2.87. The standard InChI is InChI=1S/C16H8ClFN2S/c17-15-11-3-1-2-4-12(11)19-16(20-15)14-7-9-5-6-10(18)8-13(9)21-14/h1-8H. The van der Waals surface area contributed by atoms with Crippen LogP contribution in [0, 0.1) is 5.82 Å². The minimum Gasteiger partial charge on any atom is -0.227 e. The first kappa shape index (κ1) is 12.7. The highest BCUT2D eigenvalue weighted by Gasteiger charge is 2.11. The van der Waals surface area contributed by atoms with Crippen molar-refractivity contribution in [2.24, 2.45) is 0 Å². The third-order valence-electron chi connectivity index (χ3n) is 3.26. The zero-order valence-corrected chi connectivity index (χ0v) is 12.2. The van der Waals surface area contributed by atoms with Gasteiger partial charge in [-0.05, 0) is 35.7 Å². The summed E-state index contributed by atoms with van der Waals surface area (Å²) in [6, 6.07) is 14.3. The molecule has 2 aromatic heterocycles. The van der Waals surface area contributed by atoms with Crippen LogP contribution in [0.2, 0.25) is 5.15 Å². The van der Waals surface area contributed by atoms with Crippen molar-refractivity contribution in [2.45, 2.75) is 0 Å². The maximum atomic E-state index is 13.3. The van der Waals surface area contributed by atoms with Gasteiger partial charge in [-0.25, -0.2) is 14.4 Å². The van der Waals surface area contributed by atoms with Crippen LogP contribution in [0.5, 0.6) is 0 Å². The highest BCUT2D eigenvalue weighted by Crippen LogP contribution is 2.33. The molecule has 4 rings (SSSR count). The molecule has 0 bridgehead atoms. The van der Waals surface area contributed by atoms with Gasteiger partial charge in [-0.2, -0.15) is 0 Å². The first-order chi connectivity index (χ1) is 10.2. The van der Waals surface area contributed by atoms with Crippen LogP contribution in [0.15, 0.2) is 48.5 Å². The van der Waals surface area contributed by atoms with E-state index in [1.807, 2.05) is 30.3 Å². The van der Waals surface area contributed by atoms with Crippen LogP contribution in [0.3, 0.4) is 0 Å². The molecule has 21 heavy (non-hydrogen) atoms. The second-order valence-electron chi connectivity index (χ2n) is 4.65. The van der Waals surface area contributed by atoms with Crippen molar-refractivity contribution in [3.05, 3.63) is 59.5 Å². The van der Waals surface area contributed by atoms with Crippen LogP contribution in [0.4, 0.5) is 4.39 Å². The molecule has 2 heterocycles. The Hall–Kier alpha value is -2.04. The lowest BCUT2D eigenvalue weighted by atomic mass is 10.2. The van der Waals surface area contributed by atoms with Crippen LogP contribution in [0.1, 0.15) is 0 Å². The van der Waals surface area contributed by atoms with Crippen molar-refractivity contribution >= 4 is 43.9 Å². The van der Waals surface area contributed by atoms with E-state index in [0.29, 0.717) is 11.0 Å². The van der Waals surface area contributed by atoms with Gasteiger partial charge in [0.15, 0.2) is 5.82 Å². The van der Waals surface area contributed by atoms with Crippen molar-refractivity contribution in [3.8, 4) is 10.7 Å². The van der Waals surface area contributed by atoms with Crippen LogP contribution in [0.25, 0.3) is 31.7 Å². The van der Waals surface area contributed by atoms with Gasteiger partial charge in [0.2, 0.25) is 0 Å². The molecule has 0 radical (unpaired) electrons. The van der Waals surface area contributed by atoms with Gasteiger partial charge in [0.05, 0.1) is 10.4 Å². The van der Waals surface area contributed by atoms with E-state index in [1.54, 1.807) is 6.07 Å². The number of rotatable bonds is 1. The molecule has 0 unspecified atom stereocenters. The minimum atomic E-state index is -0.242. The van der Waals surface area contributed by atoms with Crippen LogP contribution in [-0.2, 0) is 0 Å². The van der Waals surface area contributed by atoms with Crippen molar-refractivity contribution < 1.29 is 4.39 Å². The van der Waals surface area contributed by atoms with Crippen molar-refractivity contribution in [2.75, 3.05) is 0 Å². The van der Waals surface area contributed by atoms with Gasteiger partial charge in [0.25, 0.3) is 0 Å². The normalized spacial score (nSPS) is 11.3. The summed E-state index contributed by atoms with van der Waals surface area (Å²) in [5.74, 6) is 0.327. The predicted octanol–water partition coefficient (Wildman–Crippen LogP) is 5.30. The Labute approximate surface area is 128 Å². The fraction of sp³-hybridized carbons (Fsp3) is 0. The molecule has 2 nitrogen and oxygen atoms in total. The van der Waals surface area contributed by atoms with E-state index in [0.717, 1.165) is 25.9 Å². The number of thiophene rings is 1. The SMILES string of the molecule is Fc1ccc2cc(-c3nc(Cl)c4ccccc4n3)sc2c1. The summed E-state index contributed by atoms with van der Waals surface area (Å²) in [7, 11) is 0. The maximum absolute atomic E-state index is 13.3. The molecule has 4 aromatic rings. The molecule has 102 valence electrons. The lowest BCUT2D eigenvalue weighted by Crippen LogP contribution is -1.89. The Bertz CT molecular complexity index is 981. The van der Waals surface area contributed by atoms with E-state index in [1.165, 1.54) is 23.5 Å². The molecule has 0 saturated heterocycles. The topological polar surface area (TPSA) is 25.8 Å². The second-order valence-corrected chi connectivity index (χ2v) is 6.09. The lowest BCUT2D eigenvalue weighted by molar-refractivity contribution is 0.630. The van der Waals surface area contributed by atoms with E-state index in [-0.39, 0.29) is 5.82 Å². The minimum absolute atomic E-state index is 0.242. The first-order valence-corrected chi connectivity index (χ1v) is 7.52. The second kappa shape index (κ2) is 4.76. The highest BCUT2D eigenvalue weighted by atomic mass is 35.5. The van der Waals surface area contributed by atoms with E-state index in [9.17, 15) is 4.39 Å². The van der Waals surface area contributed by atoms with Crippen LogP contribution >= 0.6 is 22.9 Å². The molecule has 0 aliphatic heterocycles. The fourth-order valence-electron chi connectivity index (χ4n) is 2.26. The Morgan fingerprint density at radius 3 is 2.76 bits per heavy atom. The average molecular weight is 315 g/mol. The quantitative estimate of drug-likeness (QED) is 0.445. The predicted molar refractivity (Wildman–Crippen MR) is 85.3 cm³/mol. The fourth-order valence-corrected chi connectivity index (χ4v) is 3.52. The summed E-state index contributed by atoms with van der Waals surface area (Å²) in [6.07, 6.45) is 0. The van der Waals surface area contributed by atoms with Gasteiger partial charge in [-0.1, -0.05) is 29.8 Å². The van der Waals surface area contributed by atoms with E-state index in [4.69, 9.17) is 11.6 Å². The molecule has 0 aliphatic rings. The smallest absolute Gasteiger partial charge is 0.171 e. The third-order valence-corrected chi connectivity index (χ3v) is 4.64. The summed E-state index contributed by atoms with van der Waals surface area (Å²) in [4.78, 5) is 9.78. The average Bonchev–Trinajstić information content (AvgIpc) is 2.90. The largest absolute Gasteiger partial charge is 0.227 e. The van der Waals surface area contributed by atoms with Crippen molar-refractivity contribution in [1.82, 2.24) is 9.97 Å². The molecule has 0 aliphatic carbocycles. The molecular formula is C16H8ClFN2S. The van der Waals surface area contributed by atoms with Gasteiger partial charge in [0.1, 0.15) is 11.0 Å². The highest BCUT2D eigenvalue weighted by molar-refractivity contribution is 7.22. The summed E-state index contributed by atoms with van der Waals surface area (Å²) < 4.78 is 14.1. The van der Waals surface area contributed by atoms with Gasteiger partial charge in [-0.3, -0.25) is 0 Å². The molecule has 0 spiro atoms. The summed E-state index contributed by atoms with van der Waals surface area (Å²) in [5.41, 5.74) is 0.802. The van der Waals surface area contributed by atoms with Gasteiger partial charge >= 0.3 is 0 Å². The number of hydrogen-bond donors (Lipinski definition) is 0. The zero-order chi connectivity index (χ0) is 14.4. The molecular weight excluding hydrogens is 307 g/mol. The van der Waals surface area contributed by atoms with Gasteiger partial charge in [-0.15, -0.1) is 11.3 Å². The molecule has 0 amide bonds. The Morgan fingerprint density at radius 2 is 1.86 bits per heavy atom. The Morgan fingerprint density at radius 1 is 1.00 bits per heavy atom. The van der Waals surface area contributed by atoms with Crippen molar-refractivity contribution in [1.29, 1.82) is 0 Å². The molecule has 0 N–H and O–H groups in total. The molecule has 0 saturated carbocycles. The van der Waals surface area contributed by atoms with Crippen LogP contribution in [-0.4, -0.2) is 9.97 Å².